The topological polar surface area (TPSA) is 47.3 Å². The number of aryl methyl sites for hydroxylation is 1. The molecule has 0 unspecified atom stereocenters. The molecule has 0 fully saturated rings. The third kappa shape index (κ3) is 3.51. The lowest BCUT2D eigenvalue weighted by atomic mass is 10.2. The average Bonchev–Trinajstić information content (AvgIpc) is 2.89. The van der Waals surface area contributed by atoms with E-state index in [9.17, 15) is 8.78 Å². The van der Waals surface area contributed by atoms with Crippen molar-refractivity contribution in [2.24, 2.45) is 0 Å². The zero-order valence-corrected chi connectivity index (χ0v) is 10.2. The number of benzene rings is 1. The molecule has 102 valence electrons. The molecule has 0 aliphatic rings. The number of aliphatic hydroxyl groups is 1. The quantitative estimate of drug-likeness (QED) is 0.816. The Morgan fingerprint density at radius 1 is 1.26 bits per heavy atom. The Bertz CT molecular complexity index is 506. The minimum Gasteiger partial charge on any atom is -0.488 e. The molecular formula is C13H14F2N2O2. The monoisotopic (exact) mass is 268 g/mol. The summed E-state index contributed by atoms with van der Waals surface area (Å²) in [7, 11) is 0. The number of nitrogens with zero attached hydrogens (tertiary/aromatic N) is 2. The molecule has 2 aromatic rings. The van der Waals surface area contributed by atoms with Crippen LogP contribution in [0.1, 0.15) is 12.0 Å². The van der Waals surface area contributed by atoms with Crippen LogP contribution < -0.4 is 4.74 Å². The molecule has 1 aromatic carbocycles. The van der Waals surface area contributed by atoms with Crippen molar-refractivity contribution in [3.05, 3.63) is 48.1 Å². The lowest BCUT2D eigenvalue weighted by molar-refractivity contribution is 0.266. The van der Waals surface area contributed by atoms with Crippen molar-refractivity contribution in [2.75, 3.05) is 6.61 Å². The maximum Gasteiger partial charge on any atom is 0.190 e. The van der Waals surface area contributed by atoms with Crippen molar-refractivity contribution in [1.29, 1.82) is 0 Å². The molecule has 0 amide bonds. The molecule has 1 N–H and O–H groups in total. The number of aromatic nitrogens is 2. The first kappa shape index (κ1) is 13.5. The molecule has 6 heteroatoms. The summed E-state index contributed by atoms with van der Waals surface area (Å²) >= 11 is 0. The van der Waals surface area contributed by atoms with Crippen LogP contribution in [0.3, 0.4) is 0 Å². The maximum atomic E-state index is 13.5. The van der Waals surface area contributed by atoms with Crippen LogP contribution >= 0.6 is 0 Å². The van der Waals surface area contributed by atoms with Crippen LogP contribution in [-0.2, 0) is 13.2 Å². The summed E-state index contributed by atoms with van der Waals surface area (Å²) < 4.78 is 34.0. The van der Waals surface area contributed by atoms with Crippen molar-refractivity contribution in [1.82, 2.24) is 9.55 Å². The number of aliphatic hydroxyl groups excluding tert-OH is 1. The molecule has 0 bridgehead atoms. The van der Waals surface area contributed by atoms with E-state index in [1.165, 1.54) is 0 Å². The second-order valence-electron chi connectivity index (χ2n) is 4.05. The largest absolute Gasteiger partial charge is 0.488 e. The highest BCUT2D eigenvalue weighted by molar-refractivity contribution is 5.31. The maximum absolute atomic E-state index is 13.5. The van der Waals surface area contributed by atoms with E-state index < -0.39 is 24.0 Å². The van der Waals surface area contributed by atoms with Gasteiger partial charge in [0.2, 0.25) is 0 Å². The van der Waals surface area contributed by atoms with Crippen LogP contribution in [0.4, 0.5) is 8.78 Å². The predicted octanol–water partition coefficient (Wildman–Crippen LogP) is 2.12. The Morgan fingerprint density at radius 2 is 2.00 bits per heavy atom. The number of halogens is 2. The first-order chi connectivity index (χ1) is 9.20. The van der Waals surface area contributed by atoms with Gasteiger partial charge in [0.1, 0.15) is 0 Å². The number of imidazole rings is 1. The molecule has 0 spiro atoms. The van der Waals surface area contributed by atoms with Gasteiger partial charge < -0.3 is 14.4 Å². The van der Waals surface area contributed by atoms with Gasteiger partial charge in [-0.1, -0.05) is 0 Å². The Hall–Kier alpha value is -1.95. The van der Waals surface area contributed by atoms with Crippen LogP contribution in [-0.4, -0.2) is 21.3 Å². The molecule has 2 rings (SSSR count). The molecule has 0 atom stereocenters. The Morgan fingerprint density at radius 3 is 2.58 bits per heavy atom. The van der Waals surface area contributed by atoms with E-state index >= 15 is 0 Å². The van der Waals surface area contributed by atoms with Gasteiger partial charge in [-0.3, -0.25) is 0 Å². The Kier molecular flexibility index (Phi) is 4.46. The summed E-state index contributed by atoms with van der Waals surface area (Å²) in [6, 6.07) is 2.13. The highest BCUT2D eigenvalue weighted by Crippen LogP contribution is 2.23. The summed E-state index contributed by atoms with van der Waals surface area (Å²) in [5, 5.41) is 8.81. The van der Waals surface area contributed by atoms with Gasteiger partial charge in [0.15, 0.2) is 17.4 Å². The van der Waals surface area contributed by atoms with E-state index in [-0.39, 0.29) is 12.2 Å². The normalized spacial score (nSPS) is 10.7. The van der Waals surface area contributed by atoms with E-state index in [4.69, 9.17) is 9.84 Å². The first-order valence-corrected chi connectivity index (χ1v) is 5.88. The average molecular weight is 268 g/mol. The number of hydrogen-bond donors (Lipinski definition) is 1. The third-order valence-electron chi connectivity index (χ3n) is 2.61. The number of hydrogen-bond acceptors (Lipinski definition) is 3. The van der Waals surface area contributed by atoms with Crippen LogP contribution in [0.25, 0.3) is 0 Å². The molecule has 0 saturated carbocycles. The van der Waals surface area contributed by atoms with E-state index in [1.54, 1.807) is 18.7 Å². The van der Waals surface area contributed by atoms with E-state index in [1.807, 2.05) is 4.57 Å². The van der Waals surface area contributed by atoms with Gasteiger partial charge >= 0.3 is 0 Å². The van der Waals surface area contributed by atoms with E-state index in [0.29, 0.717) is 13.0 Å². The number of rotatable bonds is 6. The molecule has 4 nitrogen and oxygen atoms in total. The van der Waals surface area contributed by atoms with Crippen molar-refractivity contribution in [3.63, 3.8) is 0 Å². The fourth-order valence-electron chi connectivity index (χ4n) is 1.68. The van der Waals surface area contributed by atoms with Crippen LogP contribution in [0, 0.1) is 11.6 Å². The molecule has 0 aliphatic heterocycles. The SMILES string of the molecule is OCc1cc(F)c(OCCCn2ccnc2)c(F)c1. The zero-order chi connectivity index (χ0) is 13.7. The van der Waals surface area contributed by atoms with Gasteiger partial charge in [0.25, 0.3) is 0 Å². The summed E-state index contributed by atoms with van der Waals surface area (Å²) in [4.78, 5) is 3.88. The predicted molar refractivity (Wildman–Crippen MR) is 64.6 cm³/mol. The second kappa shape index (κ2) is 6.29. The molecule has 0 aliphatic carbocycles. The lowest BCUT2D eigenvalue weighted by Gasteiger charge is -2.09. The van der Waals surface area contributed by atoms with E-state index in [2.05, 4.69) is 4.98 Å². The van der Waals surface area contributed by atoms with Gasteiger partial charge in [-0.05, 0) is 24.1 Å². The summed E-state index contributed by atoms with van der Waals surface area (Å²) in [5.41, 5.74) is 0.181. The third-order valence-corrected chi connectivity index (χ3v) is 2.61. The fourth-order valence-corrected chi connectivity index (χ4v) is 1.68. The van der Waals surface area contributed by atoms with Crippen molar-refractivity contribution >= 4 is 0 Å². The van der Waals surface area contributed by atoms with Gasteiger partial charge in [0, 0.05) is 18.9 Å². The minimum absolute atomic E-state index is 0.181. The zero-order valence-electron chi connectivity index (χ0n) is 10.2. The minimum atomic E-state index is -0.799. The summed E-state index contributed by atoms with van der Waals surface area (Å²) in [5.74, 6) is -2.00. The van der Waals surface area contributed by atoms with Crippen molar-refractivity contribution in [2.45, 2.75) is 19.6 Å². The molecule has 0 saturated heterocycles. The summed E-state index contributed by atoms with van der Waals surface area (Å²) in [6.45, 7) is 0.456. The molecule has 1 aromatic heterocycles. The molecule has 0 radical (unpaired) electrons. The Labute approximate surface area is 109 Å². The molecule has 1 heterocycles. The lowest BCUT2D eigenvalue weighted by Crippen LogP contribution is -2.06. The van der Waals surface area contributed by atoms with Crippen LogP contribution in [0.15, 0.2) is 30.9 Å². The van der Waals surface area contributed by atoms with Crippen LogP contribution in [0.2, 0.25) is 0 Å². The van der Waals surface area contributed by atoms with Gasteiger partial charge in [0.05, 0.1) is 19.5 Å². The second-order valence-corrected chi connectivity index (χ2v) is 4.05. The van der Waals surface area contributed by atoms with E-state index in [0.717, 1.165) is 12.1 Å². The molecular weight excluding hydrogens is 254 g/mol. The van der Waals surface area contributed by atoms with Gasteiger partial charge in [-0.15, -0.1) is 0 Å². The van der Waals surface area contributed by atoms with Crippen molar-refractivity contribution < 1.29 is 18.6 Å². The Balaban J connectivity index is 1.89. The van der Waals surface area contributed by atoms with Crippen molar-refractivity contribution in [3.8, 4) is 5.75 Å². The van der Waals surface area contributed by atoms with Crippen LogP contribution in [0.5, 0.6) is 5.75 Å². The van der Waals surface area contributed by atoms with Gasteiger partial charge in [-0.25, -0.2) is 13.8 Å². The first-order valence-electron chi connectivity index (χ1n) is 5.88. The highest BCUT2D eigenvalue weighted by atomic mass is 19.1. The fraction of sp³-hybridized carbons (Fsp3) is 0.308. The molecule has 19 heavy (non-hydrogen) atoms. The number of ether oxygens (including phenoxy) is 1. The summed E-state index contributed by atoms with van der Waals surface area (Å²) in [6.07, 6.45) is 5.74. The standard InChI is InChI=1S/C13H14F2N2O2/c14-11-6-10(8-18)7-12(15)13(11)19-5-1-3-17-4-2-16-9-17/h2,4,6-7,9,18H,1,3,5,8H2. The highest BCUT2D eigenvalue weighted by Gasteiger charge is 2.12. The van der Waals surface area contributed by atoms with Gasteiger partial charge in [-0.2, -0.15) is 0 Å². The smallest absolute Gasteiger partial charge is 0.190 e.